The van der Waals surface area contributed by atoms with Crippen LogP contribution in [0.4, 0.5) is 0 Å². The lowest BCUT2D eigenvalue weighted by Crippen LogP contribution is -2.30. The van der Waals surface area contributed by atoms with E-state index in [1.54, 1.807) is 18.5 Å². The first kappa shape index (κ1) is 11.1. The molecule has 2 rings (SSSR count). The first-order valence-electron chi connectivity index (χ1n) is 4.92. The quantitative estimate of drug-likeness (QED) is 0.811. The van der Waals surface area contributed by atoms with E-state index in [1.807, 2.05) is 0 Å². The predicted octanol–water partition coefficient (Wildman–Crippen LogP) is 0.0746. The molecule has 17 heavy (non-hydrogen) atoms. The molecule has 2 aromatic heterocycles. The number of nitrogens with zero attached hydrogens (tertiary/aromatic N) is 4. The Balaban J connectivity index is 2.50. The van der Waals surface area contributed by atoms with Crippen LogP contribution in [0.3, 0.4) is 0 Å². The Morgan fingerprint density at radius 2 is 2.24 bits per heavy atom. The number of hydrogen-bond donors (Lipinski definition) is 1. The zero-order valence-electron chi connectivity index (χ0n) is 9.02. The van der Waals surface area contributed by atoms with Crippen molar-refractivity contribution in [2.24, 2.45) is 0 Å². The fraction of sp³-hybridized carbons (Fsp3) is 0.200. The molecule has 1 N–H and O–H groups in total. The fourth-order valence-electron chi connectivity index (χ4n) is 1.32. The van der Waals surface area contributed by atoms with E-state index >= 15 is 0 Å². The Hall–Kier alpha value is -2.44. The molecule has 7 nitrogen and oxygen atoms in total. The van der Waals surface area contributed by atoms with Gasteiger partial charge in [0.1, 0.15) is 0 Å². The minimum atomic E-state index is -1.11. The zero-order valence-corrected chi connectivity index (χ0v) is 9.02. The van der Waals surface area contributed by atoms with E-state index in [1.165, 1.54) is 23.7 Å². The smallest absolute Gasteiger partial charge is 0.328 e. The Morgan fingerprint density at radius 3 is 2.82 bits per heavy atom. The molecule has 0 fully saturated rings. The molecule has 0 bridgehead atoms. The second-order valence-electron chi connectivity index (χ2n) is 3.44. The van der Waals surface area contributed by atoms with Gasteiger partial charge in [-0.3, -0.25) is 4.79 Å². The van der Waals surface area contributed by atoms with Crippen LogP contribution in [0.25, 0.3) is 5.82 Å². The van der Waals surface area contributed by atoms with Gasteiger partial charge in [0, 0.05) is 18.5 Å². The van der Waals surface area contributed by atoms with E-state index in [-0.39, 0.29) is 0 Å². The number of carboxylic acid groups (broad SMARTS) is 1. The van der Waals surface area contributed by atoms with E-state index < -0.39 is 17.6 Å². The molecule has 0 saturated carbocycles. The first-order valence-corrected chi connectivity index (χ1v) is 4.92. The third-order valence-electron chi connectivity index (χ3n) is 2.27. The topological polar surface area (TPSA) is 90.0 Å². The number of aliphatic carboxylic acids is 1. The van der Waals surface area contributed by atoms with Crippen LogP contribution < -0.4 is 5.56 Å². The van der Waals surface area contributed by atoms with Crippen LogP contribution in [0, 0.1) is 0 Å². The van der Waals surface area contributed by atoms with Crippen molar-refractivity contribution in [3.8, 4) is 5.82 Å². The summed E-state index contributed by atoms with van der Waals surface area (Å²) < 4.78 is 2.36. The van der Waals surface area contributed by atoms with Crippen LogP contribution in [-0.2, 0) is 4.79 Å². The summed E-state index contributed by atoms with van der Waals surface area (Å²) in [5, 5.41) is 16.8. The van der Waals surface area contributed by atoms with Crippen LogP contribution in [0.2, 0.25) is 0 Å². The molecule has 88 valence electrons. The van der Waals surface area contributed by atoms with Gasteiger partial charge in [-0.1, -0.05) is 0 Å². The Morgan fingerprint density at radius 1 is 1.47 bits per heavy atom. The molecular weight excluding hydrogens is 224 g/mol. The van der Waals surface area contributed by atoms with Gasteiger partial charge in [0.25, 0.3) is 5.56 Å². The van der Waals surface area contributed by atoms with Gasteiger partial charge < -0.3 is 5.11 Å². The van der Waals surface area contributed by atoms with Gasteiger partial charge in [0.05, 0.1) is 0 Å². The third kappa shape index (κ3) is 2.07. The van der Waals surface area contributed by atoms with E-state index in [4.69, 9.17) is 5.11 Å². The highest BCUT2D eigenvalue weighted by molar-refractivity contribution is 5.71. The lowest BCUT2D eigenvalue weighted by Gasteiger charge is -2.10. The average molecular weight is 234 g/mol. The summed E-state index contributed by atoms with van der Waals surface area (Å²) in [4.78, 5) is 22.3. The van der Waals surface area contributed by atoms with Crippen molar-refractivity contribution in [1.82, 2.24) is 19.6 Å². The highest BCUT2D eigenvalue weighted by Crippen LogP contribution is 2.03. The summed E-state index contributed by atoms with van der Waals surface area (Å²) >= 11 is 0. The summed E-state index contributed by atoms with van der Waals surface area (Å²) in [5.41, 5.74) is -0.462. The number of carbonyl (C=O) groups is 1. The molecule has 0 saturated heterocycles. The first-order chi connectivity index (χ1) is 8.09. The van der Waals surface area contributed by atoms with E-state index in [9.17, 15) is 9.59 Å². The standard InChI is InChI=1S/C10H10N4O3/c1-7(10(16)17)14-9(15)4-3-8(12-14)13-6-2-5-11-13/h2-7H,1H3,(H,16,17). The maximum atomic E-state index is 11.5. The lowest BCUT2D eigenvalue weighted by atomic mass is 10.3. The lowest BCUT2D eigenvalue weighted by molar-refractivity contribution is -0.140. The van der Waals surface area contributed by atoms with Crippen molar-refractivity contribution in [1.29, 1.82) is 0 Å². The summed E-state index contributed by atoms with van der Waals surface area (Å²) in [5.74, 6) is -0.722. The van der Waals surface area contributed by atoms with Crippen LogP contribution in [0.15, 0.2) is 35.4 Å². The maximum absolute atomic E-state index is 11.5. The number of carboxylic acids is 1. The Bertz CT molecular complexity index is 588. The number of aromatic nitrogens is 4. The maximum Gasteiger partial charge on any atom is 0.328 e. The molecule has 0 aromatic carbocycles. The predicted molar refractivity (Wildman–Crippen MR) is 58.0 cm³/mol. The molecule has 2 heterocycles. The van der Waals surface area contributed by atoms with Gasteiger partial charge in [0.15, 0.2) is 11.9 Å². The van der Waals surface area contributed by atoms with Gasteiger partial charge in [-0.05, 0) is 19.1 Å². The highest BCUT2D eigenvalue weighted by Gasteiger charge is 2.16. The van der Waals surface area contributed by atoms with Crippen LogP contribution in [-0.4, -0.2) is 30.6 Å². The van der Waals surface area contributed by atoms with Gasteiger partial charge in [0.2, 0.25) is 0 Å². The summed E-state index contributed by atoms with van der Waals surface area (Å²) in [6.07, 6.45) is 3.22. The minimum absolute atomic E-state index is 0.391. The van der Waals surface area contributed by atoms with Gasteiger partial charge >= 0.3 is 5.97 Å². The third-order valence-corrected chi connectivity index (χ3v) is 2.27. The SMILES string of the molecule is CC(C(=O)O)n1nc(-n2cccn2)ccc1=O. The molecule has 1 atom stereocenters. The van der Waals surface area contributed by atoms with Gasteiger partial charge in [-0.25, -0.2) is 14.2 Å². The monoisotopic (exact) mass is 234 g/mol. The van der Waals surface area contributed by atoms with E-state index in [0.717, 1.165) is 4.68 Å². The zero-order chi connectivity index (χ0) is 12.4. The molecule has 0 amide bonds. The van der Waals surface area contributed by atoms with Crippen LogP contribution >= 0.6 is 0 Å². The molecule has 0 aliphatic rings. The summed E-state index contributed by atoms with van der Waals surface area (Å²) in [6, 6.07) is 3.44. The van der Waals surface area contributed by atoms with Crippen molar-refractivity contribution < 1.29 is 9.90 Å². The molecule has 2 aromatic rings. The molecule has 7 heteroatoms. The average Bonchev–Trinajstić information content (AvgIpc) is 2.82. The molecular formula is C10H10N4O3. The van der Waals surface area contributed by atoms with Crippen molar-refractivity contribution in [3.05, 3.63) is 40.9 Å². The molecule has 0 radical (unpaired) electrons. The Kier molecular flexibility index (Phi) is 2.73. The fourth-order valence-corrected chi connectivity index (χ4v) is 1.32. The van der Waals surface area contributed by atoms with Gasteiger partial charge in [-0.2, -0.15) is 5.10 Å². The minimum Gasteiger partial charge on any atom is -0.480 e. The molecule has 0 aliphatic carbocycles. The van der Waals surface area contributed by atoms with Crippen molar-refractivity contribution in [2.75, 3.05) is 0 Å². The van der Waals surface area contributed by atoms with Crippen LogP contribution in [0.1, 0.15) is 13.0 Å². The van der Waals surface area contributed by atoms with Gasteiger partial charge in [-0.15, -0.1) is 5.10 Å². The Labute approximate surface area is 95.9 Å². The second-order valence-corrected chi connectivity index (χ2v) is 3.44. The van der Waals surface area contributed by atoms with Crippen LogP contribution in [0.5, 0.6) is 0 Å². The highest BCUT2D eigenvalue weighted by atomic mass is 16.4. The summed E-state index contributed by atoms with van der Waals surface area (Å²) in [7, 11) is 0. The number of hydrogen-bond acceptors (Lipinski definition) is 4. The van der Waals surface area contributed by atoms with Crippen molar-refractivity contribution in [3.63, 3.8) is 0 Å². The number of rotatable bonds is 3. The van der Waals surface area contributed by atoms with Crippen molar-refractivity contribution in [2.45, 2.75) is 13.0 Å². The van der Waals surface area contributed by atoms with E-state index in [0.29, 0.717) is 5.82 Å². The molecule has 1 unspecified atom stereocenters. The van der Waals surface area contributed by atoms with E-state index in [2.05, 4.69) is 10.2 Å². The largest absolute Gasteiger partial charge is 0.480 e. The van der Waals surface area contributed by atoms with Crippen molar-refractivity contribution >= 4 is 5.97 Å². The normalized spacial score (nSPS) is 12.3. The molecule has 0 aliphatic heterocycles. The second kappa shape index (κ2) is 4.20. The molecule has 0 spiro atoms. The summed E-state index contributed by atoms with van der Waals surface area (Å²) in [6.45, 7) is 1.39.